The zero-order valence-corrected chi connectivity index (χ0v) is 16.6. The lowest BCUT2D eigenvalue weighted by atomic mass is 9.95. The van der Waals surface area contributed by atoms with Crippen LogP contribution in [0.2, 0.25) is 0 Å². The van der Waals surface area contributed by atoms with E-state index in [-0.39, 0.29) is 29.4 Å². The Morgan fingerprint density at radius 3 is 2.55 bits per heavy atom. The van der Waals surface area contributed by atoms with Gasteiger partial charge in [0.05, 0.1) is 5.52 Å². The molecule has 3 aromatic rings. The summed E-state index contributed by atoms with van der Waals surface area (Å²) in [6, 6.07) is 13.7. The average Bonchev–Trinajstić information content (AvgIpc) is 3.14. The van der Waals surface area contributed by atoms with Gasteiger partial charge < -0.3 is 10.6 Å². The maximum absolute atomic E-state index is 12.8. The highest BCUT2D eigenvalue weighted by molar-refractivity contribution is 6.02. The fraction of sp³-hybridized carbons (Fsp3) is 0.348. The Hall–Kier alpha value is -3.15. The third-order valence-electron chi connectivity index (χ3n) is 5.48. The van der Waals surface area contributed by atoms with Gasteiger partial charge in [-0.25, -0.2) is 4.98 Å². The molecular formula is C23H26N4O2. The molecule has 4 rings (SSSR count). The van der Waals surface area contributed by atoms with E-state index in [0.29, 0.717) is 12.1 Å². The van der Waals surface area contributed by atoms with Crippen molar-refractivity contribution in [1.29, 1.82) is 0 Å². The fourth-order valence-electron chi connectivity index (χ4n) is 3.83. The topological polar surface area (TPSA) is 75.5 Å². The van der Waals surface area contributed by atoms with E-state index in [1.807, 2.05) is 49.4 Å². The van der Waals surface area contributed by atoms with Crippen molar-refractivity contribution in [3.05, 3.63) is 71.3 Å². The number of rotatable bonds is 5. The van der Waals surface area contributed by atoms with Crippen LogP contribution in [0.5, 0.6) is 0 Å². The molecule has 29 heavy (non-hydrogen) atoms. The van der Waals surface area contributed by atoms with E-state index in [2.05, 4.69) is 15.6 Å². The molecule has 0 atom stereocenters. The minimum absolute atomic E-state index is 0.186. The lowest BCUT2D eigenvalue weighted by Gasteiger charge is -2.22. The van der Waals surface area contributed by atoms with Crippen molar-refractivity contribution in [1.82, 2.24) is 20.0 Å². The first-order valence-electron chi connectivity index (χ1n) is 10.2. The molecule has 1 aromatic carbocycles. The molecule has 0 aliphatic heterocycles. The van der Waals surface area contributed by atoms with Gasteiger partial charge in [-0.15, -0.1) is 0 Å². The van der Waals surface area contributed by atoms with E-state index in [1.165, 1.54) is 12.0 Å². The number of benzene rings is 1. The molecule has 2 amide bonds. The third-order valence-corrected chi connectivity index (χ3v) is 5.48. The minimum atomic E-state index is -0.286. The summed E-state index contributed by atoms with van der Waals surface area (Å²) in [5.41, 5.74) is 3.09. The zero-order valence-electron chi connectivity index (χ0n) is 16.6. The SMILES string of the molecule is Cc1ccc(CNC(=O)c2nc(C(=O)NC3CCCCC3)n3ccccc23)cc1. The molecule has 2 N–H and O–H groups in total. The van der Waals surface area contributed by atoms with E-state index in [0.717, 1.165) is 31.2 Å². The number of nitrogens with one attached hydrogen (secondary N) is 2. The molecule has 1 fully saturated rings. The van der Waals surface area contributed by atoms with Gasteiger partial charge in [0, 0.05) is 18.8 Å². The van der Waals surface area contributed by atoms with E-state index in [4.69, 9.17) is 0 Å². The highest BCUT2D eigenvalue weighted by Crippen LogP contribution is 2.19. The van der Waals surface area contributed by atoms with Crippen LogP contribution in [0.3, 0.4) is 0 Å². The van der Waals surface area contributed by atoms with Crippen LogP contribution in [0.25, 0.3) is 5.52 Å². The van der Waals surface area contributed by atoms with Crippen molar-refractivity contribution in [2.45, 2.75) is 51.6 Å². The van der Waals surface area contributed by atoms with E-state index in [1.54, 1.807) is 10.6 Å². The highest BCUT2D eigenvalue weighted by Gasteiger charge is 2.23. The summed E-state index contributed by atoms with van der Waals surface area (Å²) in [5, 5.41) is 6.00. The Kier molecular flexibility index (Phi) is 5.60. The van der Waals surface area contributed by atoms with Crippen LogP contribution in [-0.4, -0.2) is 27.2 Å². The number of hydrogen-bond donors (Lipinski definition) is 2. The van der Waals surface area contributed by atoms with Gasteiger partial charge in [0.25, 0.3) is 11.8 Å². The Morgan fingerprint density at radius 2 is 1.79 bits per heavy atom. The number of aryl methyl sites for hydroxylation is 1. The molecule has 6 heteroatoms. The third kappa shape index (κ3) is 4.31. The molecule has 6 nitrogen and oxygen atoms in total. The quantitative estimate of drug-likeness (QED) is 0.698. The smallest absolute Gasteiger partial charge is 0.287 e. The van der Waals surface area contributed by atoms with Gasteiger partial charge in [0.2, 0.25) is 5.82 Å². The lowest BCUT2D eigenvalue weighted by molar-refractivity contribution is 0.0916. The molecule has 0 radical (unpaired) electrons. The molecule has 0 spiro atoms. The average molecular weight is 390 g/mol. The molecule has 0 bridgehead atoms. The summed E-state index contributed by atoms with van der Waals surface area (Å²) in [4.78, 5) is 30.1. The van der Waals surface area contributed by atoms with Crippen LogP contribution in [0.15, 0.2) is 48.7 Å². The Balaban J connectivity index is 1.53. The van der Waals surface area contributed by atoms with Gasteiger partial charge in [-0.1, -0.05) is 55.2 Å². The second-order valence-electron chi connectivity index (χ2n) is 7.72. The summed E-state index contributed by atoms with van der Waals surface area (Å²) in [6.07, 6.45) is 7.27. The number of nitrogens with zero attached hydrogens (tertiary/aromatic N) is 2. The molecule has 0 saturated heterocycles. The molecule has 0 unspecified atom stereocenters. The van der Waals surface area contributed by atoms with Crippen LogP contribution in [0.1, 0.15) is 64.3 Å². The van der Waals surface area contributed by atoms with E-state index < -0.39 is 0 Å². The standard InChI is InChI=1S/C23H26N4O2/c1-16-10-12-17(13-11-16)15-24-22(28)20-19-9-5-6-14-27(19)21(26-20)23(29)25-18-7-3-2-4-8-18/h5-6,9-14,18H,2-4,7-8,15H2,1H3,(H,24,28)(H,25,29). The fourth-order valence-corrected chi connectivity index (χ4v) is 3.83. The van der Waals surface area contributed by atoms with Crippen LogP contribution in [-0.2, 0) is 6.54 Å². The molecule has 150 valence electrons. The lowest BCUT2D eigenvalue weighted by Crippen LogP contribution is -2.37. The molecular weight excluding hydrogens is 364 g/mol. The second-order valence-corrected chi connectivity index (χ2v) is 7.72. The largest absolute Gasteiger partial charge is 0.347 e. The van der Waals surface area contributed by atoms with Crippen molar-refractivity contribution in [3.8, 4) is 0 Å². The maximum Gasteiger partial charge on any atom is 0.287 e. The number of carbonyl (C=O) groups excluding carboxylic acids is 2. The zero-order chi connectivity index (χ0) is 20.2. The highest BCUT2D eigenvalue weighted by atomic mass is 16.2. The number of fused-ring (bicyclic) bond motifs is 1. The van der Waals surface area contributed by atoms with Gasteiger partial charge in [-0.3, -0.25) is 14.0 Å². The van der Waals surface area contributed by atoms with Crippen molar-refractivity contribution in [3.63, 3.8) is 0 Å². The number of amides is 2. The minimum Gasteiger partial charge on any atom is -0.347 e. The monoisotopic (exact) mass is 390 g/mol. The van der Waals surface area contributed by atoms with Gasteiger partial charge in [0.1, 0.15) is 0 Å². The number of hydrogen-bond acceptors (Lipinski definition) is 3. The Labute approximate surface area is 170 Å². The van der Waals surface area contributed by atoms with Gasteiger partial charge in [-0.2, -0.15) is 0 Å². The first-order valence-corrected chi connectivity index (χ1v) is 10.2. The van der Waals surface area contributed by atoms with E-state index >= 15 is 0 Å². The summed E-state index contributed by atoms with van der Waals surface area (Å²) in [6.45, 7) is 2.44. The Bertz CT molecular complexity index is 1020. The van der Waals surface area contributed by atoms with Crippen LogP contribution in [0.4, 0.5) is 0 Å². The summed E-state index contributed by atoms with van der Waals surface area (Å²) in [7, 11) is 0. The number of pyridine rings is 1. The normalized spacial score (nSPS) is 14.7. The predicted octanol–water partition coefficient (Wildman–Crippen LogP) is 3.64. The number of aromatic nitrogens is 2. The second kappa shape index (κ2) is 8.47. The predicted molar refractivity (Wildman–Crippen MR) is 112 cm³/mol. The molecule has 1 aliphatic rings. The van der Waals surface area contributed by atoms with Crippen LogP contribution in [0, 0.1) is 6.92 Å². The van der Waals surface area contributed by atoms with Crippen molar-refractivity contribution in [2.75, 3.05) is 0 Å². The van der Waals surface area contributed by atoms with Crippen molar-refractivity contribution < 1.29 is 9.59 Å². The summed E-state index contributed by atoms with van der Waals surface area (Å²) in [5.74, 6) is -0.256. The Morgan fingerprint density at radius 1 is 1.03 bits per heavy atom. The van der Waals surface area contributed by atoms with Crippen LogP contribution >= 0.6 is 0 Å². The summed E-state index contributed by atoms with van der Waals surface area (Å²) >= 11 is 0. The maximum atomic E-state index is 12.8. The molecule has 2 heterocycles. The summed E-state index contributed by atoms with van der Waals surface area (Å²) < 4.78 is 1.69. The van der Waals surface area contributed by atoms with Gasteiger partial charge in [-0.05, 0) is 37.5 Å². The first kappa shape index (κ1) is 19.2. The number of carbonyl (C=O) groups is 2. The molecule has 1 saturated carbocycles. The van der Waals surface area contributed by atoms with Crippen molar-refractivity contribution >= 4 is 17.3 Å². The van der Waals surface area contributed by atoms with Crippen molar-refractivity contribution in [2.24, 2.45) is 0 Å². The van der Waals surface area contributed by atoms with E-state index in [9.17, 15) is 9.59 Å². The number of imidazole rings is 1. The van der Waals surface area contributed by atoms with Gasteiger partial charge in [0.15, 0.2) is 5.69 Å². The molecule has 1 aliphatic carbocycles. The molecule has 2 aromatic heterocycles. The van der Waals surface area contributed by atoms with Gasteiger partial charge >= 0.3 is 0 Å². The van der Waals surface area contributed by atoms with Crippen LogP contribution < -0.4 is 10.6 Å². The first-order chi connectivity index (χ1) is 14.1.